The van der Waals surface area contributed by atoms with Crippen LogP contribution in [0.25, 0.3) is 0 Å². The van der Waals surface area contributed by atoms with Gasteiger partial charge in [-0.05, 0) is 55.9 Å². The molecular weight excluding hydrogens is 430 g/mol. The number of hydrogen-bond acceptors (Lipinski definition) is 5. The summed E-state index contributed by atoms with van der Waals surface area (Å²) < 4.78 is 27.2. The number of sulfonamides is 1. The smallest absolute Gasteiger partial charge is 0.243 e. The van der Waals surface area contributed by atoms with Gasteiger partial charge in [-0.2, -0.15) is 4.31 Å². The van der Waals surface area contributed by atoms with Crippen molar-refractivity contribution in [1.82, 2.24) is 9.21 Å². The number of hydrogen-bond donors (Lipinski definition) is 1. The Morgan fingerprint density at radius 2 is 1.62 bits per heavy atom. The molecule has 3 unspecified atom stereocenters. The van der Waals surface area contributed by atoms with E-state index < -0.39 is 10.0 Å². The summed E-state index contributed by atoms with van der Waals surface area (Å²) in [4.78, 5) is 38.9. The lowest BCUT2D eigenvalue weighted by molar-refractivity contribution is -0.140. The quantitative estimate of drug-likeness (QED) is 0.656. The van der Waals surface area contributed by atoms with Crippen molar-refractivity contribution in [3.05, 3.63) is 24.3 Å². The van der Waals surface area contributed by atoms with Gasteiger partial charge in [0.25, 0.3) is 0 Å². The molecule has 3 fully saturated rings. The summed E-state index contributed by atoms with van der Waals surface area (Å²) in [5, 5.41) is 2.73. The number of carbonyl (C=O) groups is 3. The minimum atomic E-state index is -3.55. The fraction of sp³-hybridized carbons (Fsp3) is 0.609. The lowest BCUT2D eigenvalue weighted by Crippen LogP contribution is -2.39. The average Bonchev–Trinajstić information content (AvgIpc) is 3.03. The van der Waals surface area contributed by atoms with Gasteiger partial charge >= 0.3 is 0 Å². The number of piperidine rings is 1. The Morgan fingerprint density at radius 1 is 1.00 bits per heavy atom. The van der Waals surface area contributed by atoms with Crippen molar-refractivity contribution in [3.63, 3.8) is 0 Å². The molecule has 2 saturated heterocycles. The monoisotopic (exact) mass is 461 g/mol. The molecule has 3 atom stereocenters. The fourth-order valence-electron chi connectivity index (χ4n) is 5.11. The van der Waals surface area contributed by atoms with E-state index in [-0.39, 0.29) is 47.4 Å². The van der Waals surface area contributed by atoms with E-state index in [1.54, 1.807) is 12.1 Å². The number of likely N-dealkylation sites (tertiary alicyclic amines) is 1. The SMILES string of the molecule is CC1CCCN(S(=O)(=O)c2ccc(NC(=O)CCN3C(=O)C4CCCCC4C3=O)cc2)C1. The molecule has 8 nitrogen and oxygen atoms in total. The third kappa shape index (κ3) is 4.59. The lowest BCUT2D eigenvalue weighted by Gasteiger charge is -2.30. The predicted molar refractivity (Wildman–Crippen MR) is 119 cm³/mol. The molecule has 9 heteroatoms. The largest absolute Gasteiger partial charge is 0.326 e. The maximum atomic E-state index is 12.9. The molecule has 1 aromatic carbocycles. The van der Waals surface area contributed by atoms with Crippen LogP contribution in [0, 0.1) is 17.8 Å². The summed E-state index contributed by atoms with van der Waals surface area (Å²) in [5.74, 6) is -0.687. The highest BCUT2D eigenvalue weighted by Gasteiger charge is 2.47. The number of benzene rings is 1. The van der Waals surface area contributed by atoms with Crippen molar-refractivity contribution in [1.29, 1.82) is 0 Å². The van der Waals surface area contributed by atoms with Crippen molar-refractivity contribution in [3.8, 4) is 0 Å². The normalized spacial score (nSPS) is 26.8. The van der Waals surface area contributed by atoms with E-state index in [9.17, 15) is 22.8 Å². The van der Waals surface area contributed by atoms with E-state index in [0.717, 1.165) is 38.5 Å². The summed E-state index contributed by atoms with van der Waals surface area (Å²) >= 11 is 0. The zero-order valence-electron chi connectivity index (χ0n) is 18.5. The van der Waals surface area contributed by atoms with Gasteiger partial charge < -0.3 is 5.32 Å². The third-order valence-electron chi connectivity index (χ3n) is 6.89. The van der Waals surface area contributed by atoms with Crippen LogP contribution in [-0.4, -0.2) is 55.0 Å². The van der Waals surface area contributed by atoms with Crippen molar-refractivity contribution in [2.24, 2.45) is 17.8 Å². The van der Waals surface area contributed by atoms with Crippen molar-refractivity contribution >= 4 is 33.4 Å². The van der Waals surface area contributed by atoms with Crippen LogP contribution < -0.4 is 5.32 Å². The van der Waals surface area contributed by atoms with E-state index >= 15 is 0 Å². The Morgan fingerprint density at radius 3 is 2.22 bits per heavy atom. The van der Waals surface area contributed by atoms with Crippen LogP contribution in [0.15, 0.2) is 29.2 Å². The van der Waals surface area contributed by atoms with Crippen LogP contribution in [0.2, 0.25) is 0 Å². The highest BCUT2D eigenvalue weighted by Crippen LogP contribution is 2.38. The summed E-state index contributed by atoms with van der Waals surface area (Å²) in [6, 6.07) is 6.14. The molecule has 1 N–H and O–H groups in total. The molecule has 0 bridgehead atoms. The fourth-order valence-corrected chi connectivity index (χ4v) is 6.71. The second-order valence-electron chi connectivity index (χ2n) is 9.26. The van der Waals surface area contributed by atoms with Crippen molar-refractivity contribution < 1.29 is 22.8 Å². The number of anilines is 1. The molecule has 32 heavy (non-hydrogen) atoms. The van der Waals surface area contributed by atoms with Crippen molar-refractivity contribution in [2.45, 2.75) is 56.8 Å². The first-order valence-corrected chi connectivity index (χ1v) is 13.0. The van der Waals surface area contributed by atoms with Gasteiger partial charge in [-0.25, -0.2) is 8.42 Å². The van der Waals surface area contributed by atoms with Gasteiger partial charge in [0.2, 0.25) is 27.7 Å². The maximum Gasteiger partial charge on any atom is 0.243 e. The summed E-state index contributed by atoms with van der Waals surface area (Å²) in [6.45, 7) is 3.19. The van der Waals surface area contributed by atoms with E-state index in [2.05, 4.69) is 12.2 Å². The molecule has 3 aliphatic rings. The standard InChI is InChI=1S/C23H31N3O5S/c1-16-5-4-13-25(15-16)32(30,31)18-10-8-17(9-11-18)24-21(27)12-14-26-22(28)19-6-2-3-7-20(19)23(26)29/h8-11,16,19-20H,2-7,12-15H2,1H3,(H,24,27). The Labute approximate surface area is 189 Å². The minimum absolute atomic E-state index is 0.0165. The van der Waals surface area contributed by atoms with Crippen molar-refractivity contribution in [2.75, 3.05) is 25.0 Å². The van der Waals surface area contributed by atoms with Gasteiger partial charge in [-0.3, -0.25) is 19.3 Å². The predicted octanol–water partition coefficient (Wildman–Crippen LogP) is 2.61. The lowest BCUT2D eigenvalue weighted by atomic mass is 9.81. The number of nitrogens with one attached hydrogen (secondary N) is 1. The number of rotatable bonds is 6. The number of carbonyl (C=O) groups excluding carboxylic acids is 3. The summed E-state index contributed by atoms with van der Waals surface area (Å²) in [5.41, 5.74) is 0.480. The van der Waals surface area contributed by atoms with Crippen LogP contribution in [0.1, 0.15) is 51.9 Å². The van der Waals surface area contributed by atoms with Crippen LogP contribution in [0.5, 0.6) is 0 Å². The molecule has 1 saturated carbocycles. The zero-order valence-corrected chi connectivity index (χ0v) is 19.3. The Kier molecular flexibility index (Phi) is 6.67. The van der Waals surface area contributed by atoms with Gasteiger partial charge in [0.15, 0.2) is 0 Å². The van der Waals surface area contributed by atoms with Crippen LogP contribution >= 0.6 is 0 Å². The highest BCUT2D eigenvalue weighted by atomic mass is 32.2. The third-order valence-corrected chi connectivity index (χ3v) is 8.77. The van der Waals surface area contributed by atoms with Gasteiger partial charge in [0.1, 0.15) is 0 Å². The zero-order chi connectivity index (χ0) is 22.9. The molecule has 1 aliphatic carbocycles. The van der Waals surface area contributed by atoms with Gasteiger partial charge in [-0.1, -0.05) is 19.8 Å². The Hall–Kier alpha value is -2.26. The van der Waals surface area contributed by atoms with E-state index in [0.29, 0.717) is 24.7 Å². The Bertz CT molecular complexity index is 967. The highest BCUT2D eigenvalue weighted by molar-refractivity contribution is 7.89. The first-order chi connectivity index (χ1) is 15.3. The molecule has 2 heterocycles. The van der Waals surface area contributed by atoms with E-state index in [1.165, 1.54) is 21.3 Å². The van der Waals surface area contributed by atoms with Gasteiger partial charge in [0, 0.05) is 31.7 Å². The number of nitrogens with zero attached hydrogens (tertiary/aromatic N) is 2. The van der Waals surface area contributed by atoms with E-state index in [1.807, 2.05) is 0 Å². The average molecular weight is 462 g/mol. The molecule has 0 spiro atoms. The molecule has 0 aromatic heterocycles. The van der Waals surface area contributed by atoms with Crippen LogP contribution in [0.3, 0.4) is 0 Å². The summed E-state index contributed by atoms with van der Waals surface area (Å²) in [6.07, 6.45) is 5.36. The molecule has 3 amide bonds. The van der Waals surface area contributed by atoms with Gasteiger partial charge in [0.05, 0.1) is 16.7 Å². The van der Waals surface area contributed by atoms with E-state index in [4.69, 9.17) is 0 Å². The molecule has 174 valence electrons. The molecule has 2 aliphatic heterocycles. The first-order valence-electron chi connectivity index (χ1n) is 11.5. The first kappa shape index (κ1) is 22.9. The maximum absolute atomic E-state index is 12.9. The number of imide groups is 1. The molecular formula is C23H31N3O5S. The molecule has 1 aromatic rings. The summed E-state index contributed by atoms with van der Waals surface area (Å²) in [7, 11) is -3.55. The minimum Gasteiger partial charge on any atom is -0.326 e. The number of amides is 3. The van der Waals surface area contributed by atoms with Crippen LogP contribution in [0.4, 0.5) is 5.69 Å². The van der Waals surface area contributed by atoms with Gasteiger partial charge in [-0.15, -0.1) is 0 Å². The molecule has 0 radical (unpaired) electrons. The molecule has 4 rings (SSSR count). The number of fused-ring (bicyclic) bond motifs is 1. The Balaban J connectivity index is 1.32. The second-order valence-corrected chi connectivity index (χ2v) is 11.2. The van der Waals surface area contributed by atoms with Crippen LogP contribution in [-0.2, 0) is 24.4 Å². The topological polar surface area (TPSA) is 104 Å². The second kappa shape index (κ2) is 9.31.